The van der Waals surface area contributed by atoms with Gasteiger partial charge in [-0.3, -0.25) is 42.4 Å². The molecule has 3 aliphatic rings. The fourth-order valence-corrected chi connectivity index (χ4v) is 12.7. The predicted molar refractivity (Wildman–Crippen MR) is 352 cm³/mol. The minimum Gasteiger partial charge on any atom is -0.395 e. The zero-order valence-electron chi connectivity index (χ0n) is 58.6. The van der Waals surface area contributed by atoms with E-state index in [1.54, 1.807) is 20.8 Å². The third-order valence-corrected chi connectivity index (χ3v) is 19.7. The lowest BCUT2D eigenvalue weighted by molar-refractivity contribution is -0.282. The fourth-order valence-electron chi connectivity index (χ4n) is 11.1. The van der Waals surface area contributed by atoms with Crippen LogP contribution in [0, 0.1) is 17.8 Å². The topological polar surface area (TPSA) is 470 Å². The van der Waals surface area contributed by atoms with Crippen LogP contribution in [0.25, 0.3) is 0 Å². The van der Waals surface area contributed by atoms with E-state index >= 15 is 0 Å². The van der Waals surface area contributed by atoms with E-state index in [2.05, 4.69) is 0 Å². The molecule has 17 atom stereocenters. The molecule has 3 fully saturated rings. The molecular weight excluding hydrogens is 1350 g/mol. The number of aliphatic hydroxyl groups is 10. The molecule has 11 N–H and O–H groups in total. The molecule has 35 heteroatoms. The zero-order chi connectivity index (χ0) is 73.7. The Balaban J connectivity index is 1.49. The lowest BCUT2D eigenvalue weighted by Crippen LogP contribution is -2.55. The van der Waals surface area contributed by atoms with Gasteiger partial charge in [-0.1, -0.05) is 20.8 Å². The smallest absolute Gasteiger partial charge is 0.395 e. The minimum atomic E-state index is -4.82. The SMILES string of the molecule is CC(C)OCCN(CCOP(C)(=O)OCCN(CCOP(=O)(O)OCCN(CCO)C(=O)CCCCC(=O)CCCO[C@@H]1OC(CO)[C@H](O)[C@H](O)C1C)C(=O)CCCCC(=O)CCCO[C@@H]1OC(CO)[C@H](O)[C@H](O)C1C)C(=O)CCCCC(=O)CCCO[C@@H]1OC(CO)C(O)[C@H](O)C1C. The van der Waals surface area contributed by atoms with Crippen LogP contribution in [-0.4, -0.2) is 311 Å². The number of aliphatic hydroxyl groups excluding tert-OH is 10. The second-order valence-electron chi connectivity index (χ2n) is 25.7. The van der Waals surface area contributed by atoms with Gasteiger partial charge in [-0.05, 0) is 71.6 Å². The van der Waals surface area contributed by atoms with Crippen molar-refractivity contribution in [1.29, 1.82) is 0 Å². The number of nitrogens with zero attached hydrogens (tertiary/aromatic N) is 3. The number of carbonyl (C=O) groups is 6. The molecule has 0 radical (unpaired) electrons. The van der Waals surface area contributed by atoms with Crippen molar-refractivity contribution in [2.24, 2.45) is 17.8 Å². The average Bonchev–Trinajstić information content (AvgIpc) is 0.834. The van der Waals surface area contributed by atoms with Gasteiger partial charge in [0.1, 0.15) is 54.0 Å². The number of rotatable bonds is 55. The number of ketones is 3. The van der Waals surface area contributed by atoms with E-state index in [1.165, 1.54) is 21.4 Å². The molecule has 0 spiro atoms. The Kier molecular flexibility index (Phi) is 44.6. The fraction of sp³-hybridized carbons (Fsp3) is 0.906. The van der Waals surface area contributed by atoms with Crippen molar-refractivity contribution in [1.82, 2.24) is 14.7 Å². The number of carbonyl (C=O) groups excluding carboxylic acids is 6. The van der Waals surface area contributed by atoms with Crippen LogP contribution in [0.2, 0.25) is 0 Å². The summed E-state index contributed by atoms with van der Waals surface area (Å²) in [5.74, 6) is -3.09. The molecule has 0 aromatic heterocycles. The van der Waals surface area contributed by atoms with Crippen molar-refractivity contribution >= 4 is 50.5 Å². The Labute approximate surface area is 581 Å². The number of unbranched alkanes of at least 4 members (excludes halogenated alkanes) is 3. The first-order valence-corrected chi connectivity index (χ1v) is 38.3. The van der Waals surface area contributed by atoms with Crippen LogP contribution in [0.5, 0.6) is 0 Å². The Morgan fingerprint density at radius 3 is 0.960 bits per heavy atom. The number of phosphoric ester groups is 1. The van der Waals surface area contributed by atoms with Crippen LogP contribution in [0.1, 0.15) is 150 Å². The van der Waals surface area contributed by atoms with Crippen LogP contribution in [0.3, 0.4) is 0 Å². The van der Waals surface area contributed by atoms with Gasteiger partial charge in [0.2, 0.25) is 17.7 Å². The van der Waals surface area contributed by atoms with E-state index in [4.69, 9.17) is 51.3 Å². The quantitative estimate of drug-likeness (QED) is 0.0297. The first-order chi connectivity index (χ1) is 47.0. The van der Waals surface area contributed by atoms with Crippen molar-refractivity contribution in [3.63, 3.8) is 0 Å². The van der Waals surface area contributed by atoms with E-state index in [0.29, 0.717) is 51.4 Å². The Morgan fingerprint density at radius 1 is 0.394 bits per heavy atom. The van der Waals surface area contributed by atoms with E-state index in [-0.39, 0.29) is 172 Å². The normalized spacial score (nSPS) is 26.9. The van der Waals surface area contributed by atoms with Crippen molar-refractivity contribution in [3.8, 4) is 0 Å². The second-order valence-corrected chi connectivity index (χ2v) is 29.2. The highest BCUT2D eigenvalue weighted by Crippen LogP contribution is 2.44. The van der Waals surface area contributed by atoms with Gasteiger partial charge < -0.3 is 113 Å². The first kappa shape index (κ1) is 90.2. The second kappa shape index (κ2) is 48.9. The lowest BCUT2D eigenvalue weighted by Gasteiger charge is -2.40. The Bertz CT molecular complexity index is 2420. The molecule has 3 saturated heterocycles. The number of amides is 3. The molecule has 3 rings (SSSR count). The maximum atomic E-state index is 13.7. The molecule has 9 unspecified atom stereocenters. The van der Waals surface area contributed by atoms with Gasteiger partial charge in [-0.25, -0.2) is 4.57 Å². The third-order valence-electron chi connectivity index (χ3n) is 17.3. The summed E-state index contributed by atoms with van der Waals surface area (Å²) >= 11 is 0. The lowest BCUT2D eigenvalue weighted by atomic mass is 9.92. The summed E-state index contributed by atoms with van der Waals surface area (Å²) < 4.78 is 87.8. The Hall–Kier alpha value is -3.00. The van der Waals surface area contributed by atoms with Gasteiger partial charge in [-0.15, -0.1) is 0 Å². The summed E-state index contributed by atoms with van der Waals surface area (Å²) in [6.07, 6.45) is -8.91. The largest absolute Gasteiger partial charge is 0.472 e. The van der Waals surface area contributed by atoms with Gasteiger partial charge in [0.05, 0.1) is 104 Å². The monoisotopic (exact) mass is 1470 g/mol. The average molecular weight is 1470 g/mol. The summed E-state index contributed by atoms with van der Waals surface area (Å²) in [5, 5.41) is 99.1. The molecule has 0 aromatic rings. The minimum absolute atomic E-state index is 0.00124. The van der Waals surface area contributed by atoms with Gasteiger partial charge in [0.15, 0.2) is 18.9 Å². The highest BCUT2D eigenvalue weighted by molar-refractivity contribution is 7.53. The maximum absolute atomic E-state index is 13.7. The number of phosphoric acid groups is 1. The molecule has 3 amide bonds. The van der Waals surface area contributed by atoms with Gasteiger partial charge in [0, 0.05) is 121 Å². The van der Waals surface area contributed by atoms with Gasteiger partial charge in [0.25, 0.3) is 0 Å². The molecule has 3 heterocycles. The third kappa shape index (κ3) is 34.6. The van der Waals surface area contributed by atoms with Crippen LogP contribution in [0.15, 0.2) is 0 Å². The number of Topliss-reactive ketones (excluding diaryl/α,β-unsaturated/α-hetero) is 3. The van der Waals surface area contributed by atoms with Crippen molar-refractivity contribution < 1.29 is 145 Å². The summed E-state index contributed by atoms with van der Waals surface area (Å²) in [7, 11) is -8.67. The molecule has 0 aliphatic carbocycles. The standard InChI is InChI=1S/C64H117N3O30P2/c1-43(2)87-35-26-66(54(76)23-11-8-17-48(73)20-14-33-89-63-45(4)57(79)60(82)51(41-70)96-63)27-36-91-98(6,84)92-37-28-67(55(77)24-12-9-18-49(74)21-15-34-90-64-46(5)58(80)61(83)52(42-71)97-64)30-39-94-99(85,86)93-38-29-65(25-31-68)53(75)22-10-7-16-47(72)19-13-32-88-62-44(3)56(78)59(81)50(40-69)95-62/h43-46,50-52,56-64,68-71,78-83H,7-42H2,1-6H3,(H,85,86)/t44?,45?,46?,50?,51?,52?,56-,57-,58-,59+,60?,61+,62-,63-,64-,98?/m1/s1. The predicted octanol–water partition coefficient (Wildman–Crippen LogP) is 0.883. The van der Waals surface area contributed by atoms with Crippen LogP contribution < -0.4 is 0 Å². The summed E-state index contributed by atoms with van der Waals surface area (Å²) in [6.45, 7) is 6.20. The molecule has 0 saturated carbocycles. The number of ether oxygens (including phenoxy) is 7. The maximum Gasteiger partial charge on any atom is 0.472 e. The molecule has 0 aromatic carbocycles. The van der Waals surface area contributed by atoms with Crippen LogP contribution in [0.4, 0.5) is 0 Å². The zero-order valence-corrected chi connectivity index (χ0v) is 60.4. The summed E-state index contributed by atoms with van der Waals surface area (Å²) in [4.78, 5) is 93.0. The highest BCUT2D eigenvalue weighted by Gasteiger charge is 2.45. The molecule has 0 bridgehead atoms. The summed E-state index contributed by atoms with van der Waals surface area (Å²) in [6, 6.07) is 0. The molecule has 578 valence electrons. The molecule has 99 heavy (non-hydrogen) atoms. The van der Waals surface area contributed by atoms with Crippen molar-refractivity contribution in [2.75, 3.05) is 125 Å². The first-order valence-electron chi connectivity index (χ1n) is 34.8. The van der Waals surface area contributed by atoms with Crippen molar-refractivity contribution in [2.45, 2.75) is 230 Å². The summed E-state index contributed by atoms with van der Waals surface area (Å²) in [5.41, 5.74) is 0. The highest BCUT2D eigenvalue weighted by atomic mass is 31.2. The van der Waals surface area contributed by atoms with E-state index in [9.17, 15) is 93.9 Å². The van der Waals surface area contributed by atoms with Gasteiger partial charge in [-0.2, -0.15) is 0 Å². The van der Waals surface area contributed by atoms with Crippen LogP contribution in [-0.2, 0) is 89.2 Å². The van der Waals surface area contributed by atoms with Gasteiger partial charge >= 0.3 is 15.4 Å². The van der Waals surface area contributed by atoms with E-state index < -0.39 is 158 Å². The molecule has 3 aliphatic heterocycles. The van der Waals surface area contributed by atoms with Crippen LogP contribution >= 0.6 is 15.4 Å². The number of hydrogen-bond acceptors (Lipinski definition) is 29. The Morgan fingerprint density at radius 2 is 0.667 bits per heavy atom. The molecule has 33 nitrogen and oxygen atoms in total. The van der Waals surface area contributed by atoms with E-state index in [0.717, 1.165) is 0 Å². The van der Waals surface area contributed by atoms with Crippen molar-refractivity contribution in [3.05, 3.63) is 0 Å². The van der Waals surface area contributed by atoms with E-state index in [1.807, 2.05) is 13.8 Å². The molecular formula is C64H117N3O30P2. The number of hydrogen-bond donors (Lipinski definition) is 11.